The van der Waals surface area contributed by atoms with E-state index in [9.17, 15) is 0 Å². The third-order valence-corrected chi connectivity index (χ3v) is 3.48. The summed E-state index contributed by atoms with van der Waals surface area (Å²) in [5.41, 5.74) is 0. The Balaban J connectivity index is 1.65. The maximum absolute atomic E-state index is 5.38. The number of ether oxygens (including phenoxy) is 1. The SMILES string of the molecule is CCCCCCCCCC[CH]CC1CCO1. The lowest BCUT2D eigenvalue weighted by Crippen LogP contribution is -2.26. The van der Waals surface area contributed by atoms with E-state index < -0.39 is 0 Å². The van der Waals surface area contributed by atoms with Crippen LogP contribution in [0.2, 0.25) is 0 Å². The van der Waals surface area contributed by atoms with Crippen LogP contribution in [0.1, 0.15) is 77.6 Å². The van der Waals surface area contributed by atoms with E-state index in [1.165, 1.54) is 70.6 Å². The molecule has 1 heterocycles. The highest BCUT2D eigenvalue weighted by molar-refractivity contribution is 4.75. The molecule has 1 unspecified atom stereocenters. The van der Waals surface area contributed by atoms with Crippen LogP contribution < -0.4 is 0 Å². The van der Waals surface area contributed by atoms with Gasteiger partial charge in [0.25, 0.3) is 0 Å². The second-order valence-electron chi connectivity index (χ2n) is 5.07. The Morgan fingerprint density at radius 2 is 1.62 bits per heavy atom. The van der Waals surface area contributed by atoms with Crippen LogP contribution in [-0.2, 0) is 4.74 Å². The fourth-order valence-electron chi connectivity index (χ4n) is 2.20. The fourth-order valence-corrected chi connectivity index (χ4v) is 2.20. The molecule has 0 spiro atoms. The highest BCUT2D eigenvalue weighted by Gasteiger charge is 2.16. The summed E-state index contributed by atoms with van der Waals surface area (Å²) in [5, 5.41) is 0. The summed E-state index contributed by atoms with van der Waals surface area (Å²) in [7, 11) is 0. The average Bonchev–Trinajstić information content (AvgIpc) is 2.23. The first-order valence-corrected chi connectivity index (χ1v) is 7.36. The molecule has 0 aromatic carbocycles. The third-order valence-electron chi connectivity index (χ3n) is 3.48. The van der Waals surface area contributed by atoms with Crippen LogP contribution in [0, 0.1) is 6.42 Å². The number of hydrogen-bond donors (Lipinski definition) is 0. The molecule has 1 aliphatic heterocycles. The largest absolute Gasteiger partial charge is 0.378 e. The van der Waals surface area contributed by atoms with Crippen LogP contribution in [0.15, 0.2) is 0 Å². The fraction of sp³-hybridized carbons (Fsp3) is 0.933. The van der Waals surface area contributed by atoms with Crippen molar-refractivity contribution in [3.8, 4) is 0 Å². The predicted molar refractivity (Wildman–Crippen MR) is 70.5 cm³/mol. The van der Waals surface area contributed by atoms with Gasteiger partial charge in [0, 0.05) is 6.61 Å². The molecule has 0 saturated carbocycles. The molecular weight excluding hydrogens is 196 g/mol. The van der Waals surface area contributed by atoms with Gasteiger partial charge in [-0.05, 0) is 19.3 Å². The van der Waals surface area contributed by atoms with Gasteiger partial charge in [0.15, 0.2) is 0 Å². The van der Waals surface area contributed by atoms with E-state index in [0.29, 0.717) is 6.10 Å². The van der Waals surface area contributed by atoms with Gasteiger partial charge in [0.05, 0.1) is 6.10 Å². The molecule has 16 heavy (non-hydrogen) atoms. The van der Waals surface area contributed by atoms with Crippen molar-refractivity contribution in [2.75, 3.05) is 6.61 Å². The lowest BCUT2D eigenvalue weighted by atomic mass is 10.0. The van der Waals surface area contributed by atoms with Crippen LogP contribution in [-0.4, -0.2) is 12.7 Å². The van der Waals surface area contributed by atoms with Gasteiger partial charge in [-0.2, -0.15) is 0 Å². The smallest absolute Gasteiger partial charge is 0.0599 e. The topological polar surface area (TPSA) is 9.23 Å². The average molecular weight is 225 g/mol. The Morgan fingerprint density at radius 1 is 1.00 bits per heavy atom. The van der Waals surface area contributed by atoms with Gasteiger partial charge in [-0.1, -0.05) is 64.7 Å². The first kappa shape index (κ1) is 14.0. The Kier molecular flexibility index (Phi) is 8.88. The molecule has 0 aromatic heterocycles. The normalized spacial score (nSPS) is 19.7. The minimum absolute atomic E-state index is 0.578. The molecule has 1 atom stereocenters. The van der Waals surface area contributed by atoms with Crippen LogP contribution in [0.3, 0.4) is 0 Å². The summed E-state index contributed by atoms with van der Waals surface area (Å²) < 4.78 is 5.38. The zero-order valence-corrected chi connectivity index (χ0v) is 11.0. The standard InChI is InChI=1S/C15H29O/c1-2-3-4-5-6-7-8-9-10-11-12-15-13-14-16-15/h11,15H,2-10,12-14H2,1H3. The van der Waals surface area contributed by atoms with E-state index in [1.807, 2.05) is 0 Å². The quantitative estimate of drug-likeness (QED) is 0.454. The predicted octanol–water partition coefficient (Wildman–Crippen LogP) is 4.90. The molecule has 1 heteroatoms. The Labute approximate surface area is 102 Å². The van der Waals surface area contributed by atoms with E-state index in [1.54, 1.807) is 0 Å². The first-order valence-electron chi connectivity index (χ1n) is 7.36. The third kappa shape index (κ3) is 7.27. The molecule has 1 nitrogen and oxygen atoms in total. The molecule has 1 aliphatic rings. The summed E-state index contributed by atoms with van der Waals surface area (Å²) in [6.45, 7) is 3.28. The minimum atomic E-state index is 0.578. The molecule has 0 amide bonds. The van der Waals surface area contributed by atoms with Gasteiger partial charge < -0.3 is 4.74 Å². The van der Waals surface area contributed by atoms with Crippen molar-refractivity contribution in [2.24, 2.45) is 0 Å². The van der Waals surface area contributed by atoms with E-state index in [-0.39, 0.29) is 0 Å². The van der Waals surface area contributed by atoms with Gasteiger partial charge in [-0.15, -0.1) is 0 Å². The number of hydrogen-bond acceptors (Lipinski definition) is 1. The van der Waals surface area contributed by atoms with Crippen molar-refractivity contribution in [3.05, 3.63) is 6.42 Å². The Morgan fingerprint density at radius 3 is 2.19 bits per heavy atom. The molecule has 95 valence electrons. The molecule has 0 bridgehead atoms. The summed E-state index contributed by atoms with van der Waals surface area (Å²) in [5.74, 6) is 0. The van der Waals surface area contributed by atoms with Crippen molar-refractivity contribution in [1.29, 1.82) is 0 Å². The molecule has 1 radical (unpaired) electrons. The summed E-state index contributed by atoms with van der Waals surface area (Å²) >= 11 is 0. The van der Waals surface area contributed by atoms with Gasteiger partial charge in [-0.3, -0.25) is 0 Å². The summed E-state index contributed by atoms with van der Waals surface area (Å²) in [6, 6.07) is 0. The Hall–Kier alpha value is -0.0400. The van der Waals surface area contributed by atoms with Gasteiger partial charge in [0.1, 0.15) is 0 Å². The molecule has 0 N–H and O–H groups in total. The van der Waals surface area contributed by atoms with Gasteiger partial charge in [0.2, 0.25) is 0 Å². The molecule has 1 rings (SSSR count). The molecule has 0 aliphatic carbocycles. The second-order valence-corrected chi connectivity index (χ2v) is 5.07. The Bertz CT molecular complexity index is 140. The zero-order chi connectivity index (χ0) is 11.5. The molecule has 1 saturated heterocycles. The van der Waals surface area contributed by atoms with Crippen molar-refractivity contribution < 1.29 is 4.74 Å². The van der Waals surface area contributed by atoms with Crippen molar-refractivity contribution in [2.45, 2.75) is 83.7 Å². The van der Waals surface area contributed by atoms with Crippen molar-refractivity contribution >= 4 is 0 Å². The molecular formula is C15H29O. The summed E-state index contributed by atoms with van der Waals surface area (Å²) in [6.07, 6.45) is 18.2. The van der Waals surface area contributed by atoms with Crippen LogP contribution >= 0.6 is 0 Å². The van der Waals surface area contributed by atoms with Gasteiger partial charge >= 0.3 is 0 Å². The van der Waals surface area contributed by atoms with Gasteiger partial charge in [-0.25, -0.2) is 0 Å². The highest BCUT2D eigenvalue weighted by Crippen LogP contribution is 2.18. The maximum atomic E-state index is 5.38. The van der Waals surface area contributed by atoms with E-state index >= 15 is 0 Å². The van der Waals surface area contributed by atoms with Crippen molar-refractivity contribution in [1.82, 2.24) is 0 Å². The molecule has 1 fully saturated rings. The van der Waals surface area contributed by atoms with Crippen LogP contribution in [0.25, 0.3) is 0 Å². The zero-order valence-electron chi connectivity index (χ0n) is 11.0. The maximum Gasteiger partial charge on any atom is 0.0599 e. The lowest BCUT2D eigenvalue weighted by Gasteiger charge is -2.26. The molecule has 0 aromatic rings. The van der Waals surface area contributed by atoms with E-state index in [0.717, 1.165) is 6.61 Å². The first-order chi connectivity index (χ1) is 7.93. The monoisotopic (exact) mass is 225 g/mol. The van der Waals surface area contributed by atoms with E-state index in [2.05, 4.69) is 13.3 Å². The summed E-state index contributed by atoms with van der Waals surface area (Å²) in [4.78, 5) is 0. The lowest BCUT2D eigenvalue weighted by molar-refractivity contribution is -0.0500. The number of unbranched alkanes of at least 4 members (excludes halogenated alkanes) is 9. The minimum Gasteiger partial charge on any atom is -0.378 e. The number of rotatable bonds is 11. The van der Waals surface area contributed by atoms with Crippen molar-refractivity contribution in [3.63, 3.8) is 0 Å². The van der Waals surface area contributed by atoms with Crippen LogP contribution in [0.5, 0.6) is 0 Å². The van der Waals surface area contributed by atoms with E-state index in [4.69, 9.17) is 4.74 Å². The second kappa shape index (κ2) is 10.1. The highest BCUT2D eigenvalue weighted by atomic mass is 16.5. The van der Waals surface area contributed by atoms with Crippen LogP contribution in [0.4, 0.5) is 0 Å².